The summed E-state index contributed by atoms with van der Waals surface area (Å²) in [6.45, 7) is 0.418. The summed E-state index contributed by atoms with van der Waals surface area (Å²) in [5, 5.41) is 2.84. The maximum Gasteiger partial charge on any atom is 0.265 e. The van der Waals surface area contributed by atoms with Gasteiger partial charge in [0, 0.05) is 24.7 Å². The zero-order valence-electron chi connectivity index (χ0n) is 11.7. The molecule has 0 aliphatic rings. The monoisotopic (exact) mass is 283 g/mol. The van der Waals surface area contributed by atoms with E-state index in [1.165, 1.54) is 0 Å². The van der Waals surface area contributed by atoms with E-state index in [0.717, 1.165) is 5.56 Å². The fourth-order valence-corrected chi connectivity index (χ4v) is 1.83. The Labute approximate surface area is 123 Å². The third kappa shape index (κ3) is 4.15. The molecule has 2 aromatic carbocycles. The van der Waals surface area contributed by atoms with E-state index < -0.39 is 0 Å². The lowest BCUT2D eigenvalue weighted by atomic mass is 10.1. The number of rotatable bonds is 5. The summed E-state index contributed by atoms with van der Waals surface area (Å²) in [4.78, 5) is 23.5. The summed E-state index contributed by atoms with van der Waals surface area (Å²) in [6, 6.07) is 16.1. The van der Waals surface area contributed by atoms with Crippen molar-refractivity contribution >= 4 is 11.8 Å². The van der Waals surface area contributed by atoms with E-state index in [-0.39, 0.29) is 11.8 Å². The van der Waals surface area contributed by atoms with Crippen LogP contribution in [-0.4, -0.2) is 18.9 Å². The largest absolute Gasteiger partial charge is 0.348 e. The van der Waals surface area contributed by atoms with Gasteiger partial charge in [-0.3, -0.25) is 15.0 Å². The Morgan fingerprint density at radius 1 is 0.857 bits per heavy atom. The minimum Gasteiger partial charge on any atom is -0.348 e. The van der Waals surface area contributed by atoms with Crippen molar-refractivity contribution in [3.05, 3.63) is 71.3 Å². The summed E-state index contributed by atoms with van der Waals surface area (Å²) in [5.41, 5.74) is 7.19. The average Bonchev–Trinajstić information content (AvgIpc) is 2.54. The van der Waals surface area contributed by atoms with Crippen molar-refractivity contribution in [2.24, 2.45) is 0 Å². The fraction of sp³-hybridized carbons (Fsp3) is 0.125. The number of amides is 2. The van der Waals surface area contributed by atoms with Crippen LogP contribution in [0.1, 0.15) is 26.3 Å². The third-order valence-electron chi connectivity index (χ3n) is 2.94. The summed E-state index contributed by atoms with van der Waals surface area (Å²) in [7, 11) is 1.63. The fourth-order valence-electron chi connectivity index (χ4n) is 1.83. The molecule has 0 radical (unpaired) electrons. The van der Waals surface area contributed by atoms with Gasteiger partial charge in [0.1, 0.15) is 0 Å². The SMILES string of the molecule is CNNC(=O)c1ccc(CNC(=O)c2ccccc2)cc1. The van der Waals surface area contributed by atoms with Gasteiger partial charge in [-0.25, -0.2) is 5.43 Å². The van der Waals surface area contributed by atoms with Gasteiger partial charge in [0.2, 0.25) is 0 Å². The topological polar surface area (TPSA) is 70.2 Å². The van der Waals surface area contributed by atoms with E-state index in [1.54, 1.807) is 31.3 Å². The van der Waals surface area contributed by atoms with E-state index in [2.05, 4.69) is 16.2 Å². The zero-order valence-corrected chi connectivity index (χ0v) is 11.7. The van der Waals surface area contributed by atoms with Gasteiger partial charge in [0.25, 0.3) is 11.8 Å². The molecule has 0 bridgehead atoms. The Bertz CT molecular complexity index is 609. The molecule has 5 nitrogen and oxygen atoms in total. The quantitative estimate of drug-likeness (QED) is 0.728. The van der Waals surface area contributed by atoms with Gasteiger partial charge in [-0.05, 0) is 29.8 Å². The van der Waals surface area contributed by atoms with Gasteiger partial charge in [-0.15, -0.1) is 0 Å². The predicted octanol–water partition coefficient (Wildman–Crippen LogP) is 1.48. The number of nitrogens with one attached hydrogen (secondary N) is 3. The lowest BCUT2D eigenvalue weighted by Gasteiger charge is -2.07. The molecule has 0 saturated heterocycles. The van der Waals surface area contributed by atoms with Crippen LogP contribution in [0.4, 0.5) is 0 Å². The number of carbonyl (C=O) groups is 2. The van der Waals surface area contributed by atoms with Gasteiger partial charge in [-0.2, -0.15) is 0 Å². The first-order valence-corrected chi connectivity index (χ1v) is 6.60. The molecule has 0 saturated carbocycles. The maximum atomic E-state index is 11.9. The minimum absolute atomic E-state index is 0.118. The molecule has 5 heteroatoms. The Kier molecular flexibility index (Phi) is 5.06. The molecule has 0 spiro atoms. The number of hydrogen-bond acceptors (Lipinski definition) is 3. The van der Waals surface area contributed by atoms with E-state index in [0.29, 0.717) is 17.7 Å². The molecule has 0 fully saturated rings. The molecule has 2 amide bonds. The van der Waals surface area contributed by atoms with Crippen LogP contribution in [0.15, 0.2) is 54.6 Å². The molecule has 0 aliphatic heterocycles. The smallest absolute Gasteiger partial charge is 0.265 e. The van der Waals surface area contributed by atoms with Crippen LogP contribution in [0.25, 0.3) is 0 Å². The lowest BCUT2D eigenvalue weighted by molar-refractivity contribution is 0.0933. The van der Waals surface area contributed by atoms with Crippen molar-refractivity contribution in [2.45, 2.75) is 6.54 Å². The number of benzene rings is 2. The first-order chi connectivity index (χ1) is 10.2. The van der Waals surface area contributed by atoms with Crippen molar-refractivity contribution in [1.82, 2.24) is 16.2 Å². The molecule has 0 aliphatic carbocycles. The van der Waals surface area contributed by atoms with Crippen molar-refractivity contribution in [2.75, 3.05) is 7.05 Å². The Hall–Kier alpha value is -2.66. The Balaban J connectivity index is 1.92. The minimum atomic E-state index is -0.197. The molecular formula is C16H17N3O2. The first kappa shape index (κ1) is 14.7. The molecule has 3 N–H and O–H groups in total. The van der Waals surface area contributed by atoms with Crippen LogP contribution in [-0.2, 0) is 6.54 Å². The van der Waals surface area contributed by atoms with Crippen molar-refractivity contribution in [3.63, 3.8) is 0 Å². The highest BCUT2D eigenvalue weighted by Crippen LogP contribution is 2.05. The molecule has 2 aromatic rings. The molecule has 0 atom stereocenters. The second kappa shape index (κ2) is 7.21. The second-order valence-electron chi connectivity index (χ2n) is 4.45. The molecule has 0 aromatic heterocycles. The third-order valence-corrected chi connectivity index (χ3v) is 2.94. The van der Waals surface area contributed by atoms with Gasteiger partial charge in [0.15, 0.2) is 0 Å². The first-order valence-electron chi connectivity index (χ1n) is 6.60. The van der Waals surface area contributed by atoms with Gasteiger partial charge in [0.05, 0.1) is 0 Å². The number of hydrazine groups is 1. The molecule has 0 heterocycles. The zero-order chi connectivity index (χ0) is 15.1. The van der Waals surface area contributed by atoms with Crippen LogP contribution >= 0.6 is 0 Å². The van der Waals surface area contributed by atoms with Crippen LogP contribution in [0.2, 0.25) is 0 Å². The van der Waals surface area contributed by atoms with Crippen molar-refractivity contribution < 1.29 is 9.59 Å². The summed E-state index contributed by atoms with van der Waals surface area (Å²) < 4.78 is 0. The molecule has 21 heavy (non-hydrogen) atoms. The average molecular weight is 283 g/mol. The van der Waals surface area contributed by atoms with Crippen LogP contribution < -0.4 is 16.2 Å². The normalized spacial score (nSPS) is 9.95. The highest BCUT2D eigenvalue weighted by molar-refractivity contribution is 5.94. The second-order valence-corrected chi connectivity index (χ2v) is 4.45. The van der Waals surface area contributed by atoms with Crippen molar-refractivity contribution in [1.29, 1.82) is 0 Å². The van der Waals surface area contributed by atoms with E-state index >= 15 is 0 Å². The summed E-state index contributed by atoms with van der Waals surface area (Å²) in [5.74, 6) is -0.315. The predicted molar refractivity (Wildman–Crippen MR) is 80.6 cm³/mol. The summed E-state index contributed by atoms with van der Waals surface area (Å²) in [6.07, 6.45) is 0. The molecular weight excluding hydrogens is 266 g/mol. The van der Waals surface area contributed by atoms with Crippen LogP contribution in [0.5, 0.6) is 0 Å². The Morgan fingerprint density at radius 3 is 2.10 bits per heavy atom. The molecule has 2 rings (SSSR count). The van der Waals surface area contributed by atoms with Crippen LogP contribution in [0, 0.1) is 0 Å². The Morgan fingerprint density at radius 2 is 1.48 bits per heavy atom. The van der Waals surface area contributed by atoms with Gasteiger partial charge in [-0.1, -0.05) is 30.3 Å². The van der Waals surface area contributed by atoms with Crippen molar-refractivity contribution in [3.8, 4) is 0 Å². The van der Waals surface area contributed by atoms with Crippen LogP contribution in [0.3, 0.4) is 0 Å². The maximum absolute atomic E-state index is 11.9. The standard InChI is InChI=1S/C16H17N3O2/c1-17-19-16(21)14-9-7-12(8-10-14)11-18-15(20)13-5-3-2-4-6-13/h2-10,17H,11H2,1H3,(H,18,20)(H,19,21). The van der Waals surface area contributed by atoms with E-state index in [1.807, 2.05) is 30.3 Å². The molecule has 108 valence electrons. The van der Waals surface area contributed by atoms with Gasteiger partial charge >= 0.3 is 0 Å². The van der Waals surface area contributed by atoms with E-state index in [4.69, 9.17) is 0 Å². The number of carbonyl (C=O) groups excluding carboxylic acids is 2. The van der Waals surface area contributed by atoms with Gasteiger partial charge < -0.3 is 5.32 Å². The molecule has 0 unspecified atom stereocenters. The van der Waals surface area contributed by atoms with E-state index in [9.17, 15) is 9.59 Å². The lowest BCUT2D eigenvalue weighted by Crippen LogP contribution is -2.34. The number of hydrogen-bond donors (Lipinski definition) is 3. The summed E-state index contributed by atoms with van der Waals surface area (Å²) >= 11 is 0. The highest BCUT2D eigenvalue weighted by atomic mass is 16.2. The highest BCUT2D eigenvalue weighted by Gasteiger charge is 2.06.